The molecule has 0 aromatic rings. The van der Waals surface area contributed by atoms with E-state index in [2.05, 4.69) is 0 Å². The molecule has 4 saturated carbocycles. The second-order valence-electron chi connectivity index (χ2n) is 5.30. The Morgan fingerprint density at radius 3 is 2.29 bits per heavy atom. The van der Waals surface area contributed by atoms with Crippen LogP contribution < -0.4 is 0 Å². The van der Waals surface area contributed by atoms with Crippen molar-refractivity contribution in [1.29, 1.82) is 0 Å². The van der Waals surface area contributed by atoms with Crippen LogP contribution in [0.3, 0.4) is 0 Å². The lowest BCUT2D eigenvalue weighted by molar-refractivity contribution is -0.172. The minimum absolute atomic E-state index is 0.0391. The number of Topliss-reactive ketones (excluding diaryl/α,β-unsaturated/α-hetero) is 1. The third-order valence-electron chi connectivity index (χ3n) is 4.43. The molecule has 2 atom stereocenters. The zero-order valence-electron chi connectivity index (χ0n) is 8.03. The van der Waals surface area contributed by atoms with Crippen molar-refractivity contribution in [3.63, 3.8) is 0 Å². The highest BCUT2D eigenvalue weighted by Crippen LogP contribution is 2.58. The molecule has 14 heavy (non-hydrogen) atoms. The minimum atomic E-state index is -0.964. The number of carbonyl (C=O) groups excluding carboxylic acids is 1. The number of ketones is 1. The van der Waals surface area contributed by atoms with Crippen molar-refractivity contribution < 1.29 is 14.7 Å². The zero-order valence-corrected chi connectivity index (χ0v) is 8.03. The molecule has 3 heteroatoms. The Hall–Kier alpha value is -0.860. The van der Waals surface area contributed by atoms with E-state index in [1.54, 1.807) is 0 Å². The van der Waals surface area contributed by atoms with E-state index in [9.17, 15) is 14.7 Å². The molecule has 0 spiro atoms. The maximum atomic E-state index is 12.0. The fourth-order valence-corrected chi connectivity index (χ4v) is 4.05. The number of carboxylic acids is 1. The lowest BCUT2D eigenvalue weighted by Crippen LogP contribution is -2.56. The predicted molar refractivity (Wildman–Crippen MR) is 48.6 cm³/mol. The maximum Gasteiger partial charge on any atom is 0.317 e. The highest BCUT2D eigenvalue weighted by Gasteiger charge is 2.60. The fourth-order valence-electron chi connectivity index (χ4n) is 4.05. The van der Waals surface area contributed by atoms with Crippen LogP contribution in [-0.2, 0) is 9.59 Å². The van der Waals surface area contributed by atoms with Gasteiger partial charge in [-0.25, -0.2) is 0 Å². The maximum absolute atomic E-state index is 12.0. The molecule has 0 unspecified atom stereocenters. The first-order valence-electron chi connectivity index (χ1n) is 5.39. The molecule has 0 radical (unpaired) electrons. The topological polar surface area (TPSA) is 54.4 Å². The van der Waals surface area contributed by atoms with Gasteiger partial charge in [-0.15, -0.1) is 0 Å². The van der Waals surface area contributed by atoms with Gasteiger partial charge in [-0.2, -0.15) is 0 Å². The molecule has 4 bridgehead atoms. The molecular formula is C11H14O3. The van der Waals surface area contributed by atoms with Gasteiger partial charge in [0.2, 0.25) is 0 Å². The van der Waals surface area contributed by atoms with Gasteiger partial charge in [0.05, 0.1) is 0 Å². The quantitative estimate of drug-likeness (QED) is 0.643. The van der Waals surface area contributed by atoms with Crippen LogP contribution in [0.1, 0.15) is 32.1 Å². The standard InChI is InChI=1S/C11H14O3/c12-9-8-2-6-1-7(3-8)5-11(9,4-6)10(13)14/h6-8H,1-5H2,(H,13,14)/t6-,7-,8?,11?/m0/s1. The molecule has 4 aliphatic rings. The van der Waals surface area contributed by atoms with E-state index in [4.69, 9.17) is 0 Å². The van der Waals surface area contributed by atoms with Gasteiger partial charge in [-0.3, -0.25) is 9.59 Å². The van der Waals surface area contributed by atoms with Gasteiger partial charge < -0.3 is 5.11 Å². The van der Waals surface area contributed by atoms with Gasteiger partial charge in [0.15, 0.2) is 5.78 Å². The van der Waals surface area contributed by atoms with E-state index in [1.165, 1.54) is 6.42 Å². The number of hydrogen-bond donors (Lipinski definition) is 1. The molecule has 3 nitrogen and oxygen atoms in total. The summed E-state index contributed by atoms with van der Waals surface area (Å²) < 4.78 is 0. The van der Waals surface area contributed by atoms with E-state index >= 15 is 0 Å². The molecule has 0 aromatic heterocycles. The van der Waals surface area contributed by atoms with E-state index in [-0.39, 0.29) is 11.7 Å². The lowest BCUT2D eigenvalue weighted by atomic mass is 9.49. The summed E-state index contributed by atoms with van der Waals surface area (Å²) in [5.74, 6) is 0.291. The van der Waals surface area contributed by atoms with E-state index < -0.39 is 11.4 Å². The Morgan fingerprint density at radius 2 is 1.79 bits per heavy atom. The molecule has 0 saturated heterocycles. The van der Waals surface area contributed by atoms with Crippen LogP contribution in [0.4, 0.5) is 0 Å². The fraction of sp³-hybridized carbons (Fsp3) is 0.818. The van der Waals surface area contributed by atoms with Gasteiger partial charge in [0, 0.05) is 5.92 Å². The average Bonchev–Trinajstić information content (AvgIpc) is 2.12. The van der Waals surface area contributed by atoms with Crippen molar-refractivity contribution in [3.8, 4) is 0 Å². The van der Waals surface area contributed by atoms with Crippen molar-refractivity contribution in [3.05, 3.63) is 0 Å². The third-order valence-corrected chi connectivity index (χ3v) is 4.43. The number of rotatable bonds is 1. The monoisotopic (exact) mass is 194 g/mol. The normalized spacial score (nSPS) is 49.7. The smallest absolute Gasteiger partial charge is 0.317 e. The Morgan fingerprint density at radius 1 is 1.21 bits per heavy atom. The molecular weight excluding hydrogens is 180 g/mol. The van der Waals surface area contributed by atoms with E-state index in [0.717, 1.165) is 12.8 Å². The summed E-state index contributed by atoms with van der Waals surface area (Å²) in [5, 5.41) is 9.23. The molecule has 0 aromatic carbocycles. The van der Waals surface area contributed by atoms with Crippen molar-refractivity contribution in [2.75, 3.05) is 0 Å². The van der Waals surface area contributed by atoms with Crippen molar-refractivity contribution >= 4 is 11.8 Å². The summed E-state index contributed by atoms with van der Waals surface area (Å²) in [4.78, 5) is 23.2. The molecule has 0 aliphatic heterocycles. The van der Waals surface area contributed by atoms with Gasteiger partial charge in [0.25, 0.3) is 0 Å². The summed E-state index contributed by atoms with van der Waals surface area (Å²) in [5.41, 5.74) is -0.964. The molecule has 4 aliphatic carbocycles. The summed E-state index contributed by atoms with van der Waals surface area (Å²) in [6.45, 7) is 0. The van der Waals surface area contributed by atoms with Gasteiger partial charge in [-0.05, 0) is 43.9 Å². The summed E-state index contributed by atoms with van der Waals surface area (Å²) >= 11 is 0. The predicted octanol–water partition coefficient (Wildman–Crippen LogP) is 1.47. The van der Waals surface area contributed by atoms with Crippen LogP contribution in [-0.4, -0.2) is 16.9 Å². The number of hydrogen-bond acceptors (Lipinski definition) is 2. The largest absolute Gasteiger partial charge is 0.480 e. The lowest BCUT2D eigenvalue weighted by Gasteiger charge is -2.53. The molecule has 0 heterocycles. The second-order valence-corrected chi connectivity index (χ2v) is 5.30. The number of carboxylic acid groups (broad SMARTS) is 1. The Balaban J connectivity index is 2.05. The summed E-state index contributed by atoms with van der Waals surface area (Å²) in [7, 11) is 0. The van der Waals surface area contributed by atoms with Gasteiger partial charge in [-0.1, -0.05) is 0 Å². The minimum Gasteiger partial charge on any atom is -0.480 e. The number of carbonyl (C=O) groups is 2. The first-order valence-corrected chi connectivity index (χ1v) is 5.39. The first kappa shape index (κ1) is 8.45. The first-order chi connectivity index (χ1) is 6.62. The van der Waals surface area contributed by atoms with Crippen molar-refractivity contribution in [1.82, 2.24) is 0 Å². The zero-order chi connectivity index (χ0) is 9.92. The van der Waals surface area contributed by atoms with Crippen LogP contribution in [0.5, 0.6) is 0 Å². The second kappa shape index (κ2) is 2.38. The van der Waals surface area contributed by atoms with Crippen LogP contribution in [0.25, 0.3) is 0 Å². The molecule has 1 N–H and O–H groups in total. The summed E-state index contributed by atoms with van der Waals surface area (Å²) in [6.07, 6.45) is 4.33. The van der Waals surface area contributed by atoms with Crippen LogP contribution in [0.15, 0.2) is 0 Å². The van der Waals surface area contributed by atoms with Crippen LogP contribution in [0, 0.1) is 23.2 Å². The third kappa shape index (κ3) is 0.830. The summed E-state index contributed by atoms with van der Waals surface area (Å²) in [6, 6.07) is 0. The van der Waals surface area contributed by atoms with Crippen molar-refractivity contribution in [2.24, 2.45) is 23.2 Å². The van der Waals surface area contributed by atoms with E-state index in [0.29, 0.717) is 24.7 Å². The Labute approximate surface area is 82.5 Å². The van der Waals surface area contributed by atoms with Crippen LogP contribution >= 0.6 is 0 Å². The van der Waals surface area contributed by atoms with E-state index in [1.807, 2.05) is 0 Å². The van der Waals surface area contributed by atoms with Gasteiger partial charge in [0.1, 0.15) is 5.41 Å². The molecule has 0 amide bonds. The SMILES string of the molecule is O=C(O)C12C[C@@H]3CC(C[C@H](C3)C1)C2=O. The molecule has 4 fully saturated rings. The van der Waals surface area contributed by atoms with Crippen molar-refractivity contribution in [2.45, 2.75) is 32.1 Å². The molecule has 76 valence electrons. The molecule has 4 rings (SSSR count). The Kier molecular flexibility index (Phi) is 1.44. The highest BCUT2D eigenvalue weighted by atomic mass is 16.4. The Bertz CT molecular complexity index is 306. The average molecular weight is 194 g/mol. The van der Waals surface area contributed by atoms with Gasteiger partial charge >= 0.3 is 5.97 Å². The van der Waals surface area contributed by atoms with Crippen LogP contribution in [0.2, 0.25) is 0 Å². The highest BCUT2D eigenvalue weighted by molar-refractivity contribution is 6.05. The number of aliphatic carboxylic acids is 1.